The Morgan fingerprint density at radius 1 is 1.07 bits per heavy atom. The molecule has 0 saturated carbocycles. The molecule has 0 fully saturated rings. The first kappa shape index (κ1) is 17.4. The third-order valence-corrected chi connectivity index (χ3v) is 5.57. The highest BCUT2D eigenvalue weighted by Gasteiger charge is 2.21. The van der Waals surface area contributed by atoms with Crippen LogP contribution in [0.2, 0.25) is 0 Å². The van der Waals surface area contributed by atoms with Crippen LogP contribution in [0.25, 0.3) is 27.5 Å². The zero-order chi connectivity index (χ0) is 19.1. The molecule has 2 aromatic carbocycles. The summed E-state index contributed by atoms with van der Waals surface area (Å²) in [4.78, 5) is 17.6. The molecular weight excluding hydrogens is 363 g/mol. The maximum Gasteiger partial charge on any atom is 0.308 e. The summed E-state index contributed by atoms with van der Waals surface area (Å²) >= 11 is 1.38. The summed E-state index contributed by atoms with van der Waals surface area (Å²) in [5, 5.41) is 9.31. The van der Waals surface area contributed by atoms with E-state index in [2.05, 4.69) is 0 Å². The van der Waals surface area contributed by atoms with Crippen LogP contribution in [0.5, 0.6) is 0 Å². The highest BCUT2D eigenvalue weighted by atomic mass is 32.1. The molecule has 0 atom stereocenters. The zero-order valence-electron chi connectivity index (χ0n) is 14.9. The van der Waals surface area contributed by atoms with Gasteiger partial charge in [0.2, 0.25) is 0 Å². The van der Waals surface area contributed by atoms with Crippen molar-refractivity contribution in [3.8, 4) is 22.5 Å². The van der Waals surface area contributed by atoms with Crippen LogP contribution in [0, 0.1) is 19.7 Å². The molecule has 0 radical (unpaired) electrons. The molecule has 136 valence electrons. The number of aliphatic carboxylic acids is 1. The SMILES string of the molecule is Cc1ccc(-c2c(CC(=O)O)sc3nc(-c4ccc(F)cc4)c(C)n23)cc1. The molecule has 2 aromatic heterocycles. The maximum atomic E-state index is 13.3. The van der Waals surface area contributed by atoms with E-state index >= 15 is 0 Å². The van der Waals surface area contributed by atoms with E-state index in [1.807, 2.05) is 42.5 Å². The number of halogens is 1. The smallest absolute Gasteiger partial charge is 0.308 e. The lowest BCUT2D eigenvalue weighted by atomic mass is 10.1. The van der Waals surface area contributed by atoms with Crippen LogP contribution < -0.4 is 0 Å². The van der Waals surface area contributed by atoms with Gasteiger partial charge in [0.15, 0.2) is 4.96 Å². The summed E-state index contributed by atoms with van der Waals surface area (Å²) < 4.78 is 15.3. The summed E-state index contributed by atoms with van der Waals surface area (Å²) in [5.74, 6) is -1.16. The molecule has 0 bridgehead atoms. The number of thiazole rings is 1. The van der Waals surface area contributed by atoms with Crippen LogP contribution in [0.15, 0.2) is 48.5 Å². The molecular formula is C21H17FN2O2S. The van der Waals surface area contributed by atoms with Gasteiger partial charge in [-0.15, -0.1) is 11.3 Å². The Hall–Kier alpha value is -2.99. The normalized spacial score (nSPS) is 11.2. The number of aromatic nitrogens is 2. The Morgan fingerprint density at radius 2 is 1.70 bits per heavy atom. The topological polar surface area (TPSA) is 54.6 Å². The molecule has 0 saturated heterocycles. The van der Waals surface area contributed by atoms with Gasteiger partial charge >= 0.3 is 5.97 Å². The van der Waals surface area contributed by atoms with Gasteiger partial charge in [-0.2, -0.15) is 0 Å². The van der Waals surface area contributed by atoms with E-state index in [0.717, 1.165) is 43.6 Å². The number of carbonyl (C=O) groups is 1. The molecule has 0 amide bonds. The molecule has 0 aliphatic heterocycles. The largest absolute Gasteiger partial charge is 0.481 e. The second-order valence-electron chi connectivity index (χ2n) is 6.48. The predicted molar refractivity (Wildman–Crippen MR) is 105 cm³/mol. The molecule has 0 unspecified atom stereocenters. The highest BCUT2D eigenvalue weighted by molar-refractivity contribution is 7.17. The highest BCUT2D eigenvalue weighted by Crippen LogP contribution is 2.36. The zero-order valence-corrected chi connectivity index (χ0v) is 15.7. The third-order valence-electron chi connectivity index (χ3n) is 4.53. The first-order valence-corrected chi connectivity index (χ1v) is 9.31. The molecule has 4 nitrogen and oxygen atoms in total. The summed E-state index contributed by atoms with van der Waals surface area (Å²) in [6.45, 7) is 3.97. The van der Waals surface area contributed by atoms with Crippen molar-refractivity contribution in [2.45, 2.75) is 20.3 Å². The quantitative estimate of drug-likeness (QED) is 0.535. The molecule has 6 heteroatoms. The Morgan fingerprint density at radius 3 is 2.33 bits per heavy atom. The second kappa shape index (κ2) is 6.63. The Labute approximate surface area is 159 Å². The van der Waals surface area contributed by atoms with Gasteiger partial charge in [0.05, 0.1) is 17.8 Å². The van der Waals surface area contributed by atoms with Crippen molar-refractivity contribution in [2.24, 2.45) is 0 Å². The first-order chi connectivity index (χ1) is 12.9. The van der Waals surface area contributed by atoms with Crippen LogP contribution in [0.4, 0.5) is 4.39 Å². The first-order valence-electron chi connectivity index (χ1n) is 8.49. The third kappa shape index (κ3) is 3.13. The second-order valence-corrected chi connectivity index (χ2v) is 7.54. The minimum absolute atomic E-state index is 0.0530. The van der Waals surface area contributed by atoms with E-state index in [4.69, 9.17) is 4.98 Å². The van der Waals surface area contributed by atoms with Crippen molar-refractivity contribution in [3.05, 3.63) is 70.5 Å². The number of benzene rings is 2. The predicted octanol–water partition coefficient (Wildman–Crippen LogP) is 5.11. The summed E-state index contributed by atoms with van der Waals surface area (Å²) in [7, 11) is 0. The monoisotopic (exact) mass is 380 g/mol. The number of carboxylic acid groups (broad SMARTS) is 1. The molecule has 0 aliphatic rings. The van der Waals surface area contributed by atoms with E-state index in [-0.39, 0.29) is 12.2 Å². The number of fused-ring (bicyclic) bond motifs is 1. The lowest BCUT2D eigenvalue weighted by Gasteiger charge is -2.07. The molecule has 1 N–H and O–H groups in total. The fourth-order valence-corrected chi connectivity index (χ4v) is 4.41. The Kier molecular flexibility index (Phi) is 4.28. The van der Waals surface area contributed by atoms with Crippen LogP contribution in [0.1, 0.15) is 16.1 Å². The number of aryl methyl sites for hydroxylation is 2. The van der Waals surface area contributed by atoms with Crippen molar-refractivity contribution < 1.29 is 14.3 Å². The van der Waals surface area contributed by atoms with Gasteiger partial charge in [-0.1, -0.05) is 29.8 Å². The molecule has 27 heavy (non-hydrogen) atoms. The minimum atomic E-state index is -0.871. The van der Waals surface area contributed by atoms with Gasteiger partial charge in [-0.25, -0.2) is 9.37 Å². The van der Waals surface area contributed by atoms with Crippen molar-refractivity contribution in [3.63, 3.8) is 0 Å². The van der Waals surface area contributed by atoms with Crippen molar-refractivity contribution in [1.29, 1.82) is 0 Å². The maximum absolute atomic E-state index is 13.3. The number of rotatable bonds is 4. The van der Waals surface area contributed by atoms with Crippen molar-refractivity contribution >= 4 is 22.3 Å². The van der Waals surface area contributed by atoms with E-state index in [1.54, 1.807) is 12.1 Å². The van der Waals surface area contributed by atoms with E-state index in [9.17, 15) is 14.3 Å². The van der Waals surface area contributed by atoms with Gasteiger partial charge in [0, 0.05) is 16.1 Å². The molecule has 2 heterocycles. The Bertz CT molecular complexity index is 1140. The standard InChI is InChI=1S/C21H17FN2O2S/c1-12-3-5-15(6-4-12)20-17(11-18(25)26)27-21-23-19(13(2)24(20)21)14-7-9-16(22)10-8-14/h3-10H,11H2,1-2H3,(H,25,26). The van der Waals surface area contributed by atoms with Crippen LogP contribution in [-0.2, 0) is 11.2 Å². The van der Waals surface area contributed by atoms with Crippen LogP contribution in [-0.4, -0.2) is 20.5 Å². The van der Waals surface area contributed by atoms with Crippen LogP contribution in [0.3, 0.4) is 0 Å². The summed E-state index contributed by atoms with van der Waals surface area (Å²) in [6, 6.07) is 14.3. The number of imidazole rings is 1. The van der Waals surface area contributed by atoms with Crippen molar-refractivity contribution in [1.82, 2.24) is 9.38 Å². The van der Waals surface area contributed by atoms with Gasteiger partial charge in [-0.3, -0.25) is 9.20 Å². The lowest BCUT2D eigenvalue weighted by Crippen LogP contribution is -2.01. The fourth-order valence-electron chi connectivity index (χ4n) is 3.23. The van der Waals surface area contributed by atoms with Crippen LogP contribution >= 0.6 is 11.3 Å². The fraction of sp³-hybridized carbons (Fsp3) is 0.143. The number of carboxylic acids is 1. The Balaban J connectivity index is 1.95. The van der Waals surface area contributed by atoms with E-state index in [1.165, 1.54) is 23.5 Å². The van der Waals surface area contributed by atoms with Gasteiger partial charge in [0.25, 0.3) is 0 Å². The number of hydrogen-bond donors (Lipinski definition) is 1. The molecule has 0 spiro atoms. The number of hydrogen-bond acceptors (Lipinski definition) is 3. The molecule has 0 aliphatic carbocycles. The lowest BCUT2D eigenvalue weighted by molar-refractivity contribution is -0.136. The van der Waals surface area contributed by atoms with Gasteiger partial charge < -0.3 is 5.11 Å². The summed E-state index contributed by atoms with van der Waals surface area (Å²) in [5.41, 5.74) is 5.46. The minimum Gasteiger partial charge on any atom is -0.481 e. The molecule has 4 rings (SSSR count). The summed E-state index contributed by atoms with van der Waals surface area (Å²) in [6.07, 6.45) is -0.0530. The van der Waals surface area contributed by atoms with E-state index in [0.29, 0.717) is 0 Å². The molecule has 4 aromatic rings. The van der Waals surface area contributed by atoms with Crippen molar-refractivity contribution in [2.75, 3.05) is 0 Å². The van der Waals surface area contributed by atoms with Gasteiger partial charge in [-0.05, 0) is 43.7 Å². The van der Waals surface area contributed by atoms with E-state index < -0.39 is 5.97 Å². The number of nitrogens with zero attached hydrogens (tertiary/aromatic N) is 2. The average molecular weight is 380 g/mol. The average Bonchev–Trinajstić information content (AvgIpc) is 3.12. The van der Waals surface area contributed by atoms with Gasteiger partial charge in [0.1, 0.15) is 5.82 Å².